The molecule has 1 aliphatic carbocycles. The molecule has 2 rings (SSSR count). The van der Waals surface area contributed by atoms with E-state index in [4.69, 9.17) is 5.73 Å². The first-order valence-electron chi connectivity index (χ1n) is 4.04. The predicted octanol–water partition coefficient (Wildman–Crippen LogP) is 2.10. The van der Waals surface area contributed by atoms with E-state index in [1.165, 1.54) is 5.56 Å². The van der Waals surface area contributed by atoms with Gasteiger partial charge in [-0.2, -0.15) is 0 Å². The summed E-state index contributed by atoms with van der Waals surface area (Å²) < 4.78 is 0. The van der Waals surface area contributed by atoms with E-state index in [1.54, 1.807) is 0 Å². The van der Waals surface area contributed by atoms with Crippen molar-refractivity contribution < 1.29 is 0 Å². The molecule has 0 aromatic heterocycles. The van der Waals surface area contributed by atoms with E-state index in [0.29, 0.717) is 6.04 Å². The van der Waals surface area contributed by atoms with E-state index < -0.39 is 0 Å². The zero-order valence-corrected chi connectivity index (χ0v) is 7.97. The summed E-state index contributed by atoms with van der Waals surface area (Å²) in [5, 5.41) is 0. The van der Waals surface area contributed by atoms with Crippen molar-refractivity contribution in [2.75, 3.05) is 0 Å². The SMILES string of the molecule is CC1(c2ccccc2)CC1N.Cl. The molecule has 1 aromatic carbocycles. The van der Waals surface area contributed by atoms with Gasteiger partial charge in [-0.25, -0.2) is 0 Å². The van der Waals surface area contributed by atoms with Crippen LogP contribution in [-0.4, -0.2) is 6.04 Å². The van der Waals surface area contributed by atoms with Gasteiger partial charge >= 0.3 is 0 Å². The Balaban J connectivity index is 0.000000720. The number of halogens is 1. The molecule has 0 heterocycles. The molecule has 0 radical (unpaired) electrons. The topological polar surface area (TPSA) is 26.0 Å². The minimum atomic E-state index is 0. The summed E-state index contributed by atoms with van der Waals surface area (Å²) in [6.07, 6.45) is 1.14. The number of benzene rings is 1. The van der Waals surface area contributed by atoms with Crippen molar-refractivity contribution in [2.24, 2.45) is 5.73 Å². The Hall–Kier alpha value is -0.530. The molecular formula is C10H14ClN. The van der Waals surface area contributed by atoms with Crippen LogP contribution in [0, 0.1) is 0 Å². The molecular weight excluding hydrogens is 170 g/mol. The van der Waals surface area contributed by atoms with Crippen LogP contribution in [0.2, 0.25) is 0 Å². The summed E-state index contributed by atoms with van der Waals surface area (Å²) in [5.41, 5.74) is 7.49. The van der Waals surface area contributed by atoms with E-state index in [9.17, 15) is 0 Å². The Kier molecular flexibility index (Phi) is 2.45. The number of hydrogen-bond donors (Lipinski definition) is 1. The standard InChI is InChI=1S/C10H13N.ClH/c1-10(7-9(10)11)8-5-3-2-4-6-8;/h2-6,9H,7,11H2,1H3;1H. The maximum Gasteiger partial charge on any atom is 0.0143 e. The molecule has 0 spiro atoms. The summed E-state index contributed by atoms with van der Waals surface area (Å²) in [6, 6.07) is 10.9. The highest BCUT2D eigenvalue weighted by Crippen LogP contribution is 2.46. The second-order valence-corrected chi connectivity index (χ2v) is 3.59. The maximum atomic E-state index is 5.83. The van der Waals surface area contributed by atoms with Crippen LogP contribution in [0.1, 0.15) is 18.9 Å². The summed E-state index contributed by atoms with van der Waals surface area (Å²) in [7, 11) is 0. The Bertz CT molecular complexity index is 260. The lowest BCUT2D eigenvalue weighted by Crippen LogP contribution is -2.14. The van der Waals surface area contributed by atoms with E-state index >= 15 is 0 Å². The molecule has 12 heavy (non-hydrogen) atoms. The third-order valence-corrected chi connectivity index (χ3v) is 2.74. The molecule has 0 saturated heterocycles. The highest BCUT2D eigenvalue weighted by atomic mass is 35.5. The van der Waals surface area contributed by atoms with Crippen molar-refractivity contribution in [1.29, 1.82) is 0 Å². The lowest BCUT2D eigenvalue weighted by atomic mass is 9.98. The van der Waals surface area contributed by atoms with Gasteiger partial charge < -0.3 is 5.73 Å². The Morgan fingerprint density at radius 1 is 1.33 bits per heavy atom. The summed E-state index contributed by atoms with van der Waals surface area (Å²) in [6.45, 7) is 2.23. The summed E-state index contributed by atoms with van der Waals surface area (Å²) >= 11 is 0. The molecule has 1 fully saturated rings. The summed E-state index contributed by atoms with van der Waals surface area (Å²) in [5.74, 6) is 0. The predicted molar refractivity (Wildman–Crippen MR) is 53.6 cm³/mol. The lowest BCUT2D eigenvalue weighted by molar-refractivity contribution is 0.741. The molecule has 1 nitrogen and oxygen atoms in total. The lowest BCUT2D eigenvalue weighted by Gasteiger charge is -2.08. The first kappa shape index (κ1) is 9.56. The quantitative estimate of drug-likeness (QED) is 0.709. The fraction of sp³-hybridized carbons (Fsp3) is 0.400. The van der Waals surface area contributed by atoms with Gasteiger partial charge in [0.1, 0.15) is 0 Å². The van der Waals surface area contributed by atoms with E-state index in [-0.39, 0.29) is 17.8 Å². The Morgan fingerprint density at radius 2 is 1.83 bits per heavy atom. The molecule has 1 saturated carbocycles. The van der Waals surface area contributed by atoms with E-state index in [0.717, 1.165) is 6.42 Å². The number of rotatable bonds is 1. The average Bonchev–Trinajstić information content (AvgIpc) is 2.64. The van der Waals surface area contributed by atoms with Crippen molar-refractivity contribution in [3.63, 3.8) is 0 Å². The van der Waals surface area contributed by atoms with Crippen LogP contribution in [0.25, 0.3) is 0 Å². The van der Waals surface area contributed by atoms with Crippen LogP contribution in [0.15, 0.2) is 30.3 Å². The van der Waals surface area contributed by atoms with Gasteiger partial charge in [0, 0.05) is 11.5 Å². The Morgan fingerprint density at radius 3 is 2.25 bits per heavy atom. The highest BCUT2D eigenvalue weighted by molar-refractivity contribution is 5.85. The Labute approximate surface area is 79.4 Å². The maximum absolute atomic E-state index is 5.83. The van der Waals surface area contributed by atoms with Gasteiger partial charge in [-0.15, -0.1) is 12.4 Å². The molecule has 66 valence electrons. The monoisotopic (exact) mass is 183 g/mol. The van der Waals surface area contributed by atoms with E-state index in [2.05, 4.69) is 31.2 Å². The van der Waals surface area contributed by atoms with Gasteiger partial charge in [0.05, 0.1) is 0 Å². The van der Waals surface area contributed by atoms with Crippen molar-refractivity contribution in [2.45, 2.75) is 24.8 Å². The largest absolute Gasteiger partial charge is 0.327 e. The van der Waals surface area contributed by atoms with Crippen LogP contribution in [0.5, 0.6) is 0 Å². The van der Waals surface area contributed by atoms with Crippen LogP contribution >= 0.6 is 12.4 Å². The molecule has 2 heteroatoms. The van der Waals surface area contributed by atoms with Gasteiger partial charge in [0.2, 0.25) is 0 Å². The van der Waals surface area contributed by atoms with Gasteiger partial charge in [-0.3, -0.25) is 0 Å². The fourth-order valence-corrected chi connectivity index (χ4v) is 1.55. The third-order valence-electron chi connectivity index (χ3n) is 2.74. The van der Waals surface area contributed by atoms with Gasteiger partial charge in [-0.1, -0.05) is 37.3 Å². The zero-order chi connectivity index (χ0) is 7.90. The van der Waals surface area contributed by atoms with E-state index in [1.807, 2.05) is 6.07 Å². The van der Waals surface area contributed by atoms with Crippen LogP contribution < -0.4 is 5.73 Å². The fourth-order valence-electron chi connectivity index (χ4n) is 1.55. The summed E-state index contributed by atoms with van der Waals surface area (Å²) in [4.78, 5) is 0. The minimum absolute atomic E-state index is 0. The molecule has 2 unspecified atom stereocenters. The third kappa shape index (κ3) is 1.35. The van der Waals surface area contributed by atoms with Crippen molar-refractivity contribution in [3.8, 4) is 0 Å². The molecule has 0 amide bonds. The smallest absolute Gasteiger partial charge is 0.0143 e. The second kappa shape index (κ2) is 3.08. The normalized spacial score (nSPS) is 32.3. The van der Waals surface area contributed by atoms with Crippen molar-refractivity contribution in [3.05, 3.63) is 35.9 Å². The van der Waals surface area contributed by atoms with Gasteiger partial charge in [0.25, 0.3) is 0 Å². The molecule has 1 aromatic rings. The van der Waals surface area contributed by atoms with Gasteiger partial charge in [-0.05, 0) is 12.0 Å². The van der Waals surface area contributed by atoms with Crippen LogP contribution in [0.4, 0.5) is 0 Å². The molecule has 0 aliphatic heterocycles. The molecule has 1 aliphatic rings. The zero-order valence-electron chi connectivity index (χ0n) is 7.16. The number of hydrogen-bond acceptors (Lipinski definition) is 1. The average molecular weight is 184 g/mol. The minimum Gasteiger partial charge on any atom is -0.327 e. The van der Waals surface area contributed by atoms with Crippen LogP contribution in [0.3, 0.4) is 0 Å². The van der Waals surface area contributed by atoms with Crippen LogP contribution in [-0.2, 0) is 5.41 Å². The van der Waals surface area contributed by atoms with Crippen molar-refractivity contribution in [1.82, 2.24) is 0 Å². The molecule has 2 N–H and O–H groups in total. The first-order valence-corrected chi connectivity index (χ1v) is 4.04. The number of nitrogens with two attached hydrogens (primary N) is 1. The first-order chi connectivity index (χ1) is 5.23. The highest BCUT2D eigenvalue weighted by Gasteiger charge is 2.48. The van der Waals surface area contributed by atoms with Gasteiger partial charge in [0.15, 0.2) is 0 Å². The second-order valence-electron chi connectivity index (χ2n) is 3.59. The van der Waals surface area contributed by atoms with Crippen molar-refractivity contribution >= 4 is 12.4 Å². The molecule has 0 bridgehead atoms. The molecule has 2 atom stereocenters.